The molecule has 0 amide bonds. The van der Waals surface area contributed by atoms with Gasteiger partial charge < -0.3 is 14.6 Å². The van der Waals surface area contributed by atoms with E-state index in [1.54, 1.807) is 41.5 Å². The van der Waals surface area contributed by atoms with Gasteiger partial charge >= 0.3 is 12.1 Å². The standard InChI is InChI=1S/C17H15N4O2.C2HF3O2/c1-23-17(22)14-5-3-13(4-6-14)12-21-10-7-15(11-20-21)16-18-8-2-9-19-16;3-2(4,5)1(6)7/h2-11H,12H2,1H3;(H,6,7)/q+1;/p-1. The smallest absolute Gasteiger partial charge is 0.430 e. The van der Waals surface area contributed by atoms with E-state index in [0.29, 0.717) is 17.9 Å². The molecular weight excluding hydrogens is 405 g/mol. The molecule has 0 atom stereocenters. The molecule has 0 saturated carbocycles. The Bertz CT molecular complexity index is 979. The molecule has 0 radical (unpaired) electrons. The number of carboxylic acids is 1. The minimum absolute atomic E-state index is 0.338. The van der Waals surface area contributed by atoms with E-state index in [1.807, 2.05) is 24.4 Å². The summed E-state index contributed by atoms with van der Waals surface area (Å²) < 4.78 is 38.0. The molecular formula is C19H15F3N4O4. The van der Waals surface area contributed by atoms with Crippen LogP contribution in [0.1, 0.15) is 15.9 Å². The Kier molecular flexibility index (Phi) is 7.50. The Morgan fingerprint density at radius 3 is 2.17 bits per heavy atom. The number of aromatic nitrogens is 4. The predicted octanol–water partition coefficient (Wildman–Crippen LogP) is 0.960. The van der Waals surface area contributed by atoms with Crippen molar-refractivity contribution in [3.63, 3.8) is 0 Å². The van der Waals surface area contributed by atoms with Crippen molar-refractivity contribution in [3.05, 3.63) is 72.3 Å². The van der Waals surface area contributed by atoms with Crippen LogP contribution in [0.2, 0.25) is 0 Å². The van der Waals surface area contributed by atoms with Crippen LogP contribution in [0.15, 0.2) is 61.2 Å². The predicted molar refractivity (Wildman–Crippen MR) is 93.4 cm³/mol. The van der Waals surface area contributed by atoms with Gasteiger partial charge in [-0.3, -0.25) is 0 Å². The zero-order chi connectivity index (χ0) is 22.1. The highest BCUT2D eigenvalue weighted by Crippen LogP contribution is 2.11. The highest BCUT2D eigenvalue weighted by Gasteiger charge is 2.28. The van der Waals surface area contributed by atoms with Gasteiger partial charge in [-0.2, -0.15) is 13.2 Å². The molecule has 11 heteroatoms. The minimum atomic E-state index is -5.19. The monoisotopic (exact) mass is 420 g/mol. The lowest BCUT2D eigenvalue weighted by molar-refractivity contribution is -0.746. The van der Waals surface area contributed by atoms with Gasteiger partial charge in [-0.15, -0.1) is 0 Å². The second-order valence-electron chi connectivity index (χ2n) is 5.66. The highest BCUT2D eigenvalue weighted by atomic mass is 19.4. The summed E-state index contributed by atoms with van der Waals surface area (Å²) in [5, 5.41) is 13.2. The van der Waals surface area contributed by atoms with Crippen molar-refractivity contribution in [2.24, 2.45) is 0 Å². The molecule has 8 nitrogen and oxygen atoms in total. The third kappa shape index (κ3) is 6.62. The summed E-state index contributed by atoms with van der Waals surface area (Å²) in [7, 11) is 1.37. The first-order valence-electron chi connectivity index (χ1n) is 8.29. The number of benzene rings is 1. The van der Waals surface area contributed by atoms with Crippen molar-refractivity contribution < 1.29 is 37.3 Å². The van der Waals surface area contributed by atoms with Crippen LogP contribution in [-0.4, -0.2) is 40.3 Å². The van der Waals surface area contributed by atoms with Crippen LogP contribution in [0.4, 0.5) is 13.2 Å². The van der Waals surface area contributed by atoms with Crippen LogP contribution >= 0.6 is 0 Å². The number of nitrogens with zero attached hydrogens (tertiary/aromatic N) is 4. The summed E-state index contributed by atoms with van der Waals surface area (Å²) in [6, 6.07) is 11.0. The van der Waals surface area contributed by atoms with Crippen LogP contribution in [0.3, 0.4) is 0 Å². The van der Waals surface area contributed by atoms with E-state index in [0.717, 1.165) is 11.1 Å². The number of hydrogen-bond acceptors (Lipinski definition) is 7. The Morgan fingerprint density at radius 1 is 1.10 bits per heavy atom. The lowest BCUT2D eigenvalue weighted by Crippen LogP contribution is -2.37. The molecule has 0 bridgehead atoms. The molecule has 0 saturated heterocycles. The van der Waals surface area contributed by atoms with Gasteiger partial charge in [0.05, 0.1) is 12.7 Å². The first-order valence-corrected chi connectivity index (χ1v) is 8.29. The van der Waals surface area contributed by atoms with Gasteiger partial charge in [-0.1, -0.05) is 16.8 Å². The van der Waals surface area contributed by atoms with E-state index in [1.165, 1.54) is 7.11 Å². The Hall–Kier alpha value is -3.89. The van der Waals surface area contributed by atoms with Crippen LogP contribution in [0.25, 0.3) is 11.4 Å². The first-order chi connectivity index (χ1) is 14.2. The van der Waals surface area contributed by atoms with E-state index in [9.17, 15) is 18.0 Å². The number of aliphatic carboxylic acids is 1. The van der Waals surface area contributed by atoms with E-state index in [-0.39, 0.29) is 5.97 Å². The van der Waals surface area contributed by atoms with Crippen LogP contribution < -0.4 is 9.79 Å². The number of esters is 1. The summed E-state index contributed by atoms with van der Waals surface area (Å²) in [4.78, 5) is 28.6. The van der Waals surface area contributed by atoms with Gasteiger partial charge in [0.25, 0.3) is 0 Å². The molecule has 0 aliphatic rings. The number of alkyl halides is 3. The Morgan fingerprint density at radius 2 is 1.70 bits per heavy atom. The lowest BCUT2D eigenvalue weighted by atomic mass is 10.1. The molecule has 2 aromatic heterocycles. The summed E-state index contributed by atoms with van der Waals surface area (Å²) >= 11 is 0. The van der Waals surface area contributed by atoms with Gasteiger partial charge in [0.15, 0.2) is 18.6 Å². The largest absolute Gasteiger partial charge is 0.542 e. The quantitative estimate of drug-likeness (QED) is 0.457. The minimum Gasteiger partial charge on any atom is -0.542 e. The second kappa shape index (κ2) is 10.0. The molecule has 3 aromatic rings. The SMILES string of the molecule is COC(=O)c1ccc(C[n+]2ccc(-c3ncccn3)cn2)cc1.O=C([O-])C(F)(F)F. The fraction of sp³-hybridized carbons (Fsp3) is 0.158. The van der Waals surface area contributed by atoms with E-state index >= 15 is 0 Å². The number of carboxylic acid groups (broad SMARTS) is 1. The summed E-state index contributed by atoms with van der Waals surface area (Å²) in [6.45, 7) is 0.609. The average molecular weight is 420 g/mol. The van der Waals surface area contributed by atoms with Crippen molar-refractivity contribution in [1.29, 1.82) is 0 Å². The number of rotatable bonds is 4. The molecule has 0 spiro atoms. The summed E-state index contributed by atoms with van der Waals surface area (Å²) in [6.07, 6.45) is 1.82. The molecule has 0 aliphatic heterocycles. The molecule has 3 rings (SSSR count). The number of carbonyl (C=O) groups excluding carboxylic acids is 2. The maximum absolute atomic E-state index is 11.4. The maximum Gasteiger partial charge on any atom is 0.430 e. The van der Waals surface area contributed by atoms with Crippen LogP contribution in [0.5, 0.6) is 0 Å². The fourth-order valence-electron chi connectivity index (χ4n) is 2.11. The van der Waals surface area contributed by atoms with Gasteiger partial charge in [0.1, 0.15) is 12.2 Å². The number of ether oxygens (including phenoxy) is 1. The molecule has 0 unspecified atom stereocenters. The third-order valence-electron chi connectivity index (χ3n) is 3.55. The summed E-state index contributed by atoms with van der Waals surface area (Å²) in [5.74, 6) is -2.70. The molecule has 1 aromatic carbocycles. The third-order valence-corrected chi connectivity index (χ3v) is 3.55. The van der Waals surface area contributed by atoms with Crippen molar-refractivity contribution in [3.8, 4) is 11.4 Å². The maximum atomic E-state index is 11.4. The van der Waals surface area contributed by atoms with Crippen LogP contribution in [0, 0.1) is 0 Å². The second-order valence-corrected chi connectivity index (χ2v) is 5.66. The van der Waals surface area contributed by atoms with Crippen molar-refractivity contribution in [1.82, 2.24) is 15.1 Å². The van der Waals surface area contributed by atoms with Crippen molar-refractivity contribution >= 4 is 11.9 Å². The first kappa shape index (κ1) is 22.4. The number of methoxy groups -OCH3 is 1. The number of halogens is 3. The van der Waals surface area contributed by atoms with Crippen molar-refractivity contribution in [2.75, 3.05) is 7.11 Å². The average Bonchev–Trinajstić information content (AvgIpc) is 2.74. The zero-order valence-corrected chi connectivity index (χ0v) is 15.5. The lowest BCUT2D eigenvalue weighted by Gasteiger charge is -2.03. The van der Waals surface area contributed by atoms with Crippen molar-refractivity contribution in [2.45, 2.75) is 12.7 Å². The summed E-state index contributed by atoms with van der Waals surface area (Å²) in [5.41, 5.74) is 2.44. The molecule has 2 heterocycles. The number of hydrogen-bond donors (Lipinski definition) is 0. The molecule has 30 heavy (non-hydrogen) atoms. The molecule has 156 valence electrons. The van der Waals surface area contributed by atoms with E-state index in [2.05, 4.69) is 19.8 Å². The van der Waals surface area contributed by atoms with Gasteiger partial charge in [-0.05, 0) is 23.3 Å². The van der Waals surface area contributed by atoms with Gasteiger partial charge in [0.2, 0.25) is 0 Å². The highest BCUT2D eigenvalue weighted by molar-refractivity contribution is 5.89. The molecule has 0 aliphatic carbocycles. The van der Waals surface area contributed by atoms with Gasteiger partial charge in [-0.25, -0.2) is 14.8 Å². The Balaban J connectivity index is 0.000000396. The zero-order valence-electron chi connectivity index (χ0n) is 15.5. The van der Waals surface area contributed by atoms with E-state index < -0.39 is 12.1 Å². The molecule has 0 N–H and O–H groups in total. The van der Waals surface area contributed by atoms with Gasteiger partial charge in [0, 0.05) is 29.6 Å². The van der Waals surface area contributed by atoms with E-state index in [4.69, 9.17) is 9.90 Å². The topological polar surface area (TPSA) is 109 Å². The molecule has 0 fully saturated rings. The number of carbonyl (C=O) groups is 2. The fourth-order valence-corrected chi connectivity index (χ4v) is 2.11. The Labute approximate surface area is 168 Å². The van der Waals surface area contributed by atoms with Crippen LogP contribution in [-0.2, 0) is 16.1 Å². The normalized spacial score (nSPS) is 10.5.